The maximum atomic E-state index is 12.6. The van der Waals surface area contributed by atoms with Gasteiger partial charge in [-0.15, -0.1) is 0 Å². The molecule has 0 bridgehead atoms. The number of amides is 2. The van der Waals surface area contributed by atoms with Crippen molar-refractivity contribution in [3.05, 3.63) is 47.8 Å². The first-order chi connectivity index (χ1) is 10.6. The second kappa shape index (κ2) is 6.01. The zero-order valence-corrected chi connectivity index (χ0v) is 12.4. The van der Waals surface area contributed by atoms with E-state index in [9.17, 15) is 9.59 Å². The summed E-state index contributed by atoms with van der Waals surface area (Å²) in [4.78, 5) is 26.4. The maximum Gasteiger partial charge on any atom is 0.269 e. The molecule has 3 rings (SSSR count). The van der Waals surface area contributed by atoms with E-state index in [4.69, 9.17) is 0 Å². The fraction of sp³-hybridized carbons (Fsp3) is 0.312. The summed E-state index contributed by atoms with van der Waals surface area (Å²) in [7, 11) is 0. The number of hydrogen-bond acceptors (Lipinski definition) is 3. The van der Waals surface area contributed by atoms with E-state index in [2.05, 4.69) is 15.5 Å². The molecular formula is C16H18N4O2. The average Bonchev–Trinajstić information content (AvgIpc) is 3.05. The van der Waals surface area contributed by atoms with Crippen molar-refractivity contribution >= 4 is 17.5 Å². The highest BCUT2D eigenvalue weighted by Gasteiger charge is 2.31. The first-order valence-corrected chi connectivity index (χ1v) is 7.33. The first-order valence-electron chi connectivity index (χ1n) is 7.33. The van der Waals surface area contributed by atoms with Crippen molar-refractivity contribution in [1.82, 2.24) is 15.5 Å². The molecule has 1 atom stereocenters. The topological polar surface area (TPSA) is 78.1 Å². The van der Waals surface area contributed by atoms with Crippen molar-refractivity contribution in [2.24, 2.45) is 0 Å². The molecule has 22 heavy (non-hydrogen) atoms. The lowest BCUT2D eigenvalue weighted by atomic mass is 10.0. The molecule has 0 aliphatic carbocycles. The monoisotopic (exact) mass is 298 g/mol. The molecule has 1 saturated heterocycles. The van der Waals surface area contributed by atoms with Crippen molar-refractivity contribution in [2.75, 3.05) is 11.4 Å². The molecule has 6 nitrogen and oxygen atoms in total. The molecule has 2 aromatic rings. The zero-order valence-electron chi connectivity index (χ0n) is 12.4. The number of H-pyrrole nitrogens is 1. The summed E-state index contributed by atoms with van der Waals surface area (Å²) in [5, 5.41) is 9.13. The molecule has 0 saturated carbocycles. The first kappa shape index (κ1) is 14.3. The Balaban J connectivity index is 1.72. The van der Waals surface area contributed by atoms with Gasteiger partial charge in [0.2, 0.25) is 5.91 Å². The summed E-state index contributed by atoms with van der Waals surface area (Å²) in [5.74, 6) is -0.371. The molecule has 2 amide bonds. The van der Waals surface area contributed by atoms with Crippen LogP contribution in [-0.4, -0.2) is 34.6 Å². The van der Waals surface area contributed by atoms with Gasteiger partial charge in [-0.05, 0) is 38.0 Å². The average molecular weight is 298 g/mol. The van der Waals surface area contributed by atoms with Crippen LogP contribution in [0.1, 0.15) is 28.9 Å². The summed E-state index contributed by atoms with van der Waals surface area (Å²) >= 11 is 0. The van der Waals surface area contributed by atoms with Gasteiger partial charge in [0.05, 0.1) is 0 Å². The van der Waals surface area contributed by atoms with Crippen LogP contribution < -0.4 is 10.2 Å². The van der Waals surface area contributed by atoms with Crippen LogP contribution in [0.3, 0.4) is 0 Å². The highest BCUT2D eigenvalue weighted by atomic mass is 16.2. The van der Waals surface area contributed by atoms with Crippen LogP contribution in [0.15, 0.2) is 36.5 Å². The van der Waals surface area contributed by atoms with E-state index >= 15 is 0 Å². The minimum atomic E-state index is -0.495. The quantitative estimate of drug-likeness (QED) is 0.904. The predicted octanol–water partition coefficient (Wildman–Crippen LogP) is 1.64. The zero-order chi connectivity index (χ0) is 15.5. The van der Waals surface area contributed by atoms with E-state index in [1.54, 1.807) is 11.0 Å². The van der Waals surface area contributed by atoms with Crippen molar-refractivity contribution in [1.29, 1.82) is 0 Å². The van der Waals surface area contributed by atoms with Crippen molar-refractivity contribution < 1.29 is 9.59 Å². The number of benzene rings is 1. The van der Waals surface area contributed by atoms with Gasteiger partial charge in [-0.3, -0.25) is 14.7 Å². The molecule has 1 aromatic carbocycles. The Morgan fingerprint density at radius 2 is 2.09 bits per heavy atom. The number of aryl methyl sites for hydroxylation is 1. The number of piperidine rings is 1. The van der Waals surface area contributed by atoms with Gasteiger partial charge in [0.25, 0.3) is 5.91 Å². The van der Waals surface area contributed by atoms with Gasteiger partial charge in [0.1, 0.15) is 11.7 Å². The summed E-state index contributed by atoms with van der Waals surface area (Å²) < 4.78 is 0. The summed E-state index contributed by atoms with van der Waals surface area (Å²) in [6.45, 7) is 2.69. The number of aromatic nitrogens is 2. The largest absolute Gasteiger partial charge is 0.339 e. The van der Waals surface area contributed by atoms with Crippen molar-refractivity contribution in [3.63, 3.8) is 0 Å². The van der Waals surface area contributed by atoms with E-state index in [1.165, 1.54) is 6.20 Å². The second-order valence-electron chi connectivity index (χ2n) is 5.46. The van der Waals surface area contributed by atoms with Crippen molar-refractivity contribution in [2.45, 2.75) is 25.8 Å². The summed E-state index contributed by atoms with van der Waals surface area (Å²) in [6, 6.07) is 8.93. The van der Waals surface area contributed by atoms with Gasteiger partial charge >= 0.3 is 0 Å². The molecule has 2 N–H and O–H groups in total. The van der Waals surface area contributed by atoms with Gasteiger partial charge in [-0.2, -0.15) is 5.10 Å². The highest BCUT2D eigenvalue weighted by molar-refractivity contribution is 6.02. The van der Waals surface area contributed by atoms with Crippen LogP contribution in [0, 0.1) is 6.92 Å². The SMILES string of the molecule is Cc1ccc(N2CCC[C@H](NC(=O)c3ccn[nH]3)C2=O)cc1. The standard InChI is InChI=1S/C16H18N4O2/c1-11-4-6-12(7-5-11)20-10-2-3-14(16(20)22)18-15(21)13-8-9-17-19-13/h4-9,14H,2-3,10H2,1H3,(H,17,19)(H,18,21)/t14-/m0/s1. The highest BCUT2D eigenvalue weighted by Crippen LogP contribution is 2.21. The third-order valence-corrected chi connectivity index (χ3v) is 3.83. The Morgan fingerprint density at radius 1 is 1.32 bits per heavy atom. The van der Waals surface area contributed by atoms with Crippen LogP contribution >= 0.6 is 0 Å². The van der Waals surface area contributed by atoms with Gasteiger partial charge in [0.15, 0.2) is 0 Å². The van der Waals surface area contributed by atoms with Crippen molar-refractivity contribution in [3.8, 4) is 0 Å². The molecule has 1 aliphatic rings. The Morgan fingerprint density at radius 3 is 2.77 bits per heavy atom. The van der Waals surface area contributed by atoms with Crippen LogP contribution in [-0.2, 0) is 4.79 Å². The lowest BCUT2D eigenvalue weighted by Gasteiger charge is -2.32. The number of nitrogens with one attached hydrogen (secondary N) is 2. The Hall–Kier alpha value is -2.63. The Bertz CT molecular complexity index is 664. The maximum absolute atomic E-state index is 12.6. The minimum Gasteiger partial charge on any atom is -0.339 e. The number of rotatable bonds is 3. The van der Waals surface area contributed by atoms with E-state index in [0.717, 1.165) is 17.7 Å². The molecule has 0 unspecified atom stereocenters. The second-order valence-corrected chi connectivity index (χ2v) is 5.46. The van der Waals surface area contributed by atoms with Crippen LogP contribution in [0.25, 0.3) is 0 Å². The predicted molar refractivity (Wildman–Crippen MR) is 82.6 cm³/mol. The molecule has 6 heteroatoms. The van der Waals surface area contributed by atoms with Crippen LogP contribution in [0.4, 0.5) is 5.69 Å². The van der Waals surface area contributed by atoms with Crippen LogP contribution in [0.5, 0.6) is 0 Å². The lowest BCUT2D eigenvalue weighted by molar-refractivity contribution is -0.121. The number of anilines is 1. The third kappa shape index (κ3) is 2.86. The van der Waals surface area contributed by atoms with E-state index < -0.39 is 6.04 Å². The number of nitrogens with zero attached hydrogens (tertiary/aromatic N) is 2. The smallest absolute Gasteiger partial charge is 0.269 e. The Labute approximate surface area is 128 Å². The number of aromatic amines is 1. The van der Waals surface area contributed by atoms with Gasteiger partial charge < -0.3 is 10.2 Å². The summed E-state index contributed by atoms with van der Waals surface area (Å²) in [6.07, 6.45) is 3.02. The minimum absolute atomic E-state index is 0.0667. The van der Waals surface area contributed by atoms with Gasteiger partial charge in [0, 0.05) is 18.4 Å². The molecule has 0 radical (unpaired) electrons. The molecule has 1 aromatic heterocycles. The number of carbonyl (C=O) groups is 2. The third-order valence-electron chi connectivity index (χ3n) is 3.83. The van der Waals surface area contributed by atoms with Gasteiger partial charge in [-0.1, -0.05) is 17.7 Å². The molecule has 1 fully saturated rings. The van der Waals surface area contributed by atoms with Crippen LogP contribution in [0.2, 0.25) is 0 Å². The molecule has 114 valence electrons. The number of carbonyl (C=O) groups excluding carboxylic acids is 2. The number of hydrogen-bond donors (Lipinski definition) is 2. The van der Waals surface area contributed by atoms with E-state index in [0.29, 0.717) is 18.7 Å². The molecule has 1 aliphatic heterocycles. The fourth-order valence-electron chi connectivity index (χ4n) is 2.61. The molecular weight excluding hydrogens is 280 g/mol. The summed E-state index contributed by atoms with van der Waals surface area (Å²) in [5.41, 5.74) is 2.38. The van der Waals surface area contributed by atoms with Gasteiger partial charge in [-0.25, -0.2) is 0 Å². The normalized spacial score (nSPS) is 18.3. The van der Waals surface area contributed by atoms with E-state index in [-0.39, 0.29) is 11.8 Å². The molecule has 2 heterocycles. The lowest BCUT2D eigenvalue weighted by Crippen LogP contribution is -2.52. The molecule has 0 spiro atoms. The Kier molecular flexibility index (Phi) is 3.91. The fourth-order valence-corrected chi connectivity index (χ4v) is 2.61. The van der Waals surface area contributed by atoms with E-state index in [1.807, 2.05) is 31.2 Å².